The van der Waals surface area contributed by atoms with Gasteiger partial charge in [0.1, 0.15) is 6.33 Å². The summed E-state index contributed by atoms with van der Waals surface area (Å²) in [5.74, 6) is -3.87. The summed E-state index contributed by atoms with van der Waals surface area (Å²) in [4.78, 5) is 33.8. The number of carbonyl (C=O) groups is 1. The van der Waals surface area contributed by atoms with Crippen molar-refractivity contribution in [2.75, 3.05) is 13.1 Å². The maximum Gasteiger partial charge on any atom is 0.262 e. The predicted octanol–water partition coefficient (Wildman–Crippen LogP) is 4.82. The van der Waals surface area contributed by atoms with Gasteiger partial charge in [-0.1, -0.05) is 24.3 Å². The molecule has 0 spiro atoms. The van der Waals surface area contributed by atoms with Gasteiger partial charge in [-0.3, -0.25) is 14.2 Å². The van der Waals surface area contributed by atoms with Crippen LogP contribution in [0.4, 0.5) is 8.78 Å². The third-order valence-electron chi connectivity index (χ3n) is 8.23. The van der Waals surface area contributed by atoms with Crippen LogP contribution in [0.15, 0.2) is 71.2 Å². The van der Waals surface area contributed by atoms with Crippen LogP contribution in [0.2, 0.25) is 0 Å². The average Bonchev–Trinajstić information content (AvgIpc) is 3.61. The molecule has 1 saturated carbocycles. The molecule has 7 nitrogen and oxygen atoms in total. The number of rotatable bonds is 5. The second-order valence-corrected chi connectivity index (χ2v) is 11.8. The van der Waals surface area contributed by atoms with Crippen LogP contribution in [0, 0.1) is 5.92 Å². The molecule has 4 aromatic rings. The molecular formula is C29H30F2N4O3S. The third-order valence-corrected chi connectivity index (χ3v) is 9.23. The number of likely N-dealkylation sites (tertiary alicyclic amines) is 1. The number of piperidine rings is 1. The van der Waals surface area contributed by atoms with E-state index in [-0.39, 0.29) is 37.3 Å². The quantitative estimate of drug-likeness (QED) is 0.385. The molecule has 0 bridgehead atoms. The van der Waals surface area contributed by atoms with Crippen molar-refractivity contribution in [1.29, 1.82) is 0 Å². The van der Waals surface area contributed by atoms with E-state index in [1.807, 2.05) is 58.6 Å². The van der Waals surface area contributed by atoms with Crippen LogP contribution in [0.3, 0.4) is 0 Å². The lowest BCUT2D eigenvalue weighted by Gasteiger charge is -2.42. The molecule has 1 aliphatic carbocycles. The summed E-state index contributed by atoms with van der Waals surface area (Å²) in [6.45, 7) is 0.698. The minimum absolute atomic E-state index is 0.0702. The summed E-state index contributed by atoms with van der Waals surface area (Å²) in [5.41, 5.74) is 0.0395. The Hall–Kier alpha value is -3.37. The highest BCUT2D eigenvalue weighted by molar-refractivity contribution is 7.10. The summed E-state index contributed by atoms with van der Waals surface area (Å²) in [6, 6.07) is 15.0. The van der Waals surface area contributed by atoms with Gasteiger partial charge in [-0.2, -0.15) is 0 Å². The smallest absolute Gasteiger partial charge is 0.262 e. The van der Waals surface area contributed by atoms with Crippen LogP contribution < -0.4 is 5.56 Å². The largest absolute Gasteiger partial charge is 0.388 e. The Morgan fingerprint density at radius 2 is 1.85 bits per heavy atom. The van der Waals surface area contributed by atoms with Crippen molar-refractivity contribution in [3.63, 3.8) is 0 Å². The summed E-state index contributed by atoms with van der Waals surface area (Å²) in [7, 11) is 0. The molecule has 2 unspecified atom stereocenters. The van der Waals surface area contributed by atoms with Gasteiger partial charge in [-0.15, -0.1) is 11.3 Å². The molecule has 204 valence electrons. The Kier molecular flexibility index (Phi) is 6.63. The number of halogens is 2. The fourth-order valence-electron chi connectivity index (χ4n) is 6.05. The van der Waals surface area contributed by atoms with Crippen LogP contribution in [0.1, 0.15) is 42.9 Å². The first kappa shape index (κ1) is 25.9. The van der Waals surface area contributed by atoms with E-state index in [0.717, 1.165) is 10.6 Å². The number of thiophene rings is 1. The van der Waals surface area contributed by atoms with Gasteiger partial charge in [0, 0.05) is 54.5 Å². The second-order valence-electron chi connectivity index (χ2n) is 10.8. The number of nitrogens with zero attached hydrogens (tertiary/aromatic N) is 4. The zero-order valence-corrected chi connectivity index (χ0v) is 22.2. The van der Waals surface area contributed by atoms with Crippen LogP contribution in [0.25, 0.3) is 16.7 Å². The van der Waals surface area contributed by atoms with Gasteiger partial charge in [0.25, 0.3) is 5.56 Å². The van der Waals surface area contributed by atoms with E-state index in [9.17, 15) is 23.5 Å². The number of aromatic nitrogens is 3. The first-order chi connectivity index (χ1) is 18.7. The van der Waals surface area contributed by atoms with E-state index < -0.39 is 23.4 Å². The molecule has 1 amide bonds. The number of benzene rings is 1. The third kappa shape index (κ3) is 5.03. The number of aliphatic hydroxyl groups is 1. The number of carbonyl (C=O) groups excluding carboxylic acids is 1. The standard InChI is InChI=1S/C29H30F2N4O3S/c30-29(31)10-8-21(23(17-29)24-7-4-16-39-24)26(36)33-14-11-28(38,12-15-33)18-34-19-32-25-22(27(34)37)9-13-35(25)20-5-2-1-3-6-20/h1-7,9,13,16,19,21,23,38H,8,10-12,14-15,17-18H2. The van der Waals surface area contributed by atoms with E-state index in [4.69, 9.17) is 0 Å². The molecule has 4 heterocycles. The fraction of sp³-hybridized carbons (Fsp3) is 0.414. The first-order valence-corrected chi connectivity index (χ1v) is 14.2. The van der Waals surface area contributed by atoms with Gasteiger partial charge in [0.2, 0.25) is 11.8 Å². The van der Waals surface area contributed by atoms with Crippen LogP contribution >= 0.6 is 11.3 Å². The van der Waals surface area contributed by atoms with Gasteiger partial charge in [0.15, 0.2) is 5.65 Å². The summed E-state index contributed by atoms with van der Waals surface area (Å²) < 4.78 is 31.8. The first-order valence-electron chi connectivity index (χ1n) is 13.3. The highest BCUT2D eigenvalue weighted by atomic mass is 32.1. The number of hydrogen-bond donors (Lipinski definition) is 1. The zero-order valence-electron chi connectivity index (χ0n) is 21.4. The van der Waals surface area contributed by atoms with Gasteiger partial charge < -0.3 is 14.6 Å². The average molecular weight is 553 g/mol. The van der Waals surface area contributed by atoms with Crippen LogP contribution in [0.5, 0.6) is 0 Å². The molecule has 6 rings (SSSR count). The summed E-state index contributed by atoms with van der Waals surface area (Å²) >= 11 is 1.42. The minimum Gasteiger partial charge on any atom is -0.388 e. The normalized spacial score (nSPS) is 22.7. The number of hydrogen-bond acceptors (Lipinski definition) is 5. The van der Waals surface area contributed by atoms with Crippen molar-refractivity contribution in [1.82, 2.24) is 19.0 Å². The minimum atomic E-state index is -2.77. The molecule has 2 aliphatic rings. The Labute approximate surface area is 228 Å². The number of fused-ring (bicyclic) bond motifs is 1. The maximum absolute atomic E-state index is 14.3. The van der Waals surface area contributed by atoms with Gasteiger partial charge in [0.05, 0.1) is 17.5 Å². The second kappa shape index (κ2) is 9.98. The van der Waals surface area contributed by atoms with Gasteiger partial charge in [-0.25, -0.2) is 13.8 Å². The van der Waals surface area contributed by atoms with Crippen molar-refractivity contribution in [2.24, 2.45) is 5.92 Å². The molecule has 1 aliphatic heterocycles. The van der Waals surface area contributed by atoms with Crippen molar-refractivity contribution in [2.45, 2.75) is 56.1 Å². The van der Waals surface area contributed by atoms with Crippen molar-refractivity contribution in [3.8, 4) is 5.69 Å². The molecule has 0 radical (unpaired) electrons. The maximum atomic E-state index is 14.3. The van der Waals surface area contributed by atoms with E-state index in [2.05, 4.69) is 4.98 Å². The fourth-order valence-corrected chi connectivity index (χ4v) is 6.94. The molecule has 2 atom stereocenters. The highest BCUT2D eigenvalue weighted by Gasteiger charge is 2.47. The Morgan fingerprint density at radius 1 is 1.08 bits per heavy atom. The van der Waals surface area contributed by atoms with Crippen LogP contribution in [-0.4, -0.2) is 54.6 Å². The van der Waals surface area contributed by atoms with Crippen LogP contribution in [-0.2, 0) is 11.3 Å². The summed E-state index contributed by atoms with van der Waals surface area (Å²) in [5, 5.41) is 13.7. The lowest BCUT2D eigenvalue weighted by Crippen LogP contribution is -2.52. The molecule has 2 fully saturated rings. The summed E-state index contributed by atoms with van der Waals surface area (Å²) in [6.07, 6.45) is 3.41. The topological polar surface area (TPSA) is 80.4 Å². The van der Waals surface area contributed by atoms with E-state index in [0.29, 0.717) is 37.0 Å². The monoisotopic (exact) mass is 552 g/mol. The molecule has 1 aromatic carbocycles. The molecule has 1 N–H and O–H groups in total. The lowest BCUT2D eigenvalue weighted by molar-refractivity contribution is -0.145. The Balaban J connectivity index is 1.15. The lowest BCUT2D eigenvalue weighted by atomic mass is 9.75. The van der Waals surface area contributed by atoms with Crippen molar-refractivity contribution in [3.05, 3.63) is 81.7 Å². The van der Waals surface area contributed by atoms with Gasteiger partial charge in [-0.05, 0) is 48.9 Å². The van der Waals surface area contributed by atoms with Crippen molar-refractivity contribution < 1.29 is 18.7 Å². The molecule has 3 aromatic heterocycles. The predicted molar refractivity (Wildman–Crippen MR) is 145 cm³/mol. The van der Waals surface area contributed by atoms with E-state index in [1.165, 1.54) is 22.2 Å². The molecule has 39 heavy (non-hydrogen) atoms. The molecular weight excluding hydrogens is 522 g/mol. The molecule has 1 saturated heterocycles. The Morgan fingerprint density at radius 3 is 2.56 bits per heavy atom. The zero-order chi connectivity index (χ0) is 27.2. The number of amides is 1. The van der Waals surface area contributed by atoms with E-state index >= 15 is 0 Å². The number of alkyl halides is 2. The van der Waals surface area contributed by atoms with Crippen molar-refractivity contribution >= 4 is 28.3 Å². The van der Waals surface area contributed by atoms with E-state index in [1.54, 1.807) is 11.0 Å². The SMILES string of the molecule is O=C(C1CCC(F)(F)CC1c1cccs1)N1CCC(O)(Cn2cnc3c(ccn3-c3ccccc3)c2=O)CC1. The number of para-hydroxylation sites is 1. The highest BCUT2D eigenvalue weighted by Crippen LogP contribution is 2.47. The molecule has 10 heteroatoms. The Bertz CT molecular complexity index is 1530. The van der Waals surface area contributed by atoms with Gasteiger partial charge >= 0.3 is 0 Å².